The van der Waals surface area contributed by atoms with E-state index in [0.717, 1.165) is 84.4 Å². The molecule has 6 heteroatoms. The van der Waals surface area contributed by atoms with Crippen molar-refractivity contribution in [1.29, 1.82) is 0 Å². The number of nitrogens with zero attached hydrogens (tertiary/aromatic N) is 5. The molecule has 0 bridgehead atoms. The van der Waals surface area contributed by atoms with Gasteiger partial charge in [-0.05, 0) is 137 Å². The summed E-state index contributed by atoms with van der Waals surface area (Å²) in [6.07, 6.45) is 1.05. The van der Waals surface area contributed by atoms with Gasteiger partial charge in [0, 0.05) is 65.1 Å². The number of fused-ring (bicyclic) bond motifs is 18. The molecule has 17 aromatic rings. The summed E-state index contributed by atoms with van der Waals surface area (Å²) in [6.45, 7) is 9.53. The van der Waals surface area contributed by atoms with Crippen LogP contribution in [0.4, 0.5) is 0 Å². The summed E-state index contributed by atoms with van der Waals surface area (Å²) in [6, 6.07) is 116. The Hall–Kier alpha value is -12.0. The fourth-order valence-corrected chi connectivity index (χ4v) is 16.6. The minimum Gasteiger partial charge on any atom is -0.309 e. The topological polar surface area (TPSA) is 56.5 Å². The quantitative estimate of drug-likeness (QED) is 0.160. The van der Waals surface area contributed by atoms with Gasteiger partial charge in [-0.1, -0.05) is 336 Å². The highest BCUT2D eigenvalue weighted by molar-refractivity contribution is 9.10. The number of aromatic nitrogens is 5. The lowest BCUT2D eigenvalue weighted by Gasteiger charge is -2.24. The molecule has 0 saturated heterocycles. The maximum absolute atomic E-state index is 5.10. The molecule has 3 aliphatic rings. The van der Waals surface area contributed by atoms with Gasteiger partial charge in [-0.2, -0.15) is 0 Å². The maximum atomic E-state index is 5.10. The van der Waals surface area contributed by atoms with Gasteiger partial charge in [-0.25, -0.2) is 19.9 Å². The van der Waals surface area contributed by atoms with E-state index in [4.69, 9.17) is 19.9 Å². The Morgan fingerprint density at radius 3 is 1.29 bits per heavy atom. The Kier molecular flexibility index (Phi) is 16.0. The van der Waals surface area contributed by atoms with Crippen LogP contribution in [-0.4, -0.2) is 24.5 Å². The van der Waals surface area contributed by atoms with Gasteiger partial charge in [-0.3, -0.25) is 0 Å². The normalized spacial score (nSPS) is 13.0. The lowest BCUT2D eigenvalue weighted by Crippen LogP contribution is -2.17. The summed E-state index contributed by atoms with van der Waals surface area (Å²) in [5.74, 6) is 1.46. The number of hydrogen-bond donors (Lipinski definition) is 0. The summed E-state index contributed by atoms with van der Waals surface area (Å²) in [7, 11) is 0. The zero-order valence-corrected chi connectivity index (χ0v) is 58.1. The number of halogens is 1. The molecule has 5 nitrogen and oxygen atoms in total. The average molecular weight is 1380 g/mol. The van der Waals surface area contributed by atoms with Crippen molar-refractivity contribution in [3.63, 3.8) is 0 Å². The predicted molar refractivity (Wildman–Crippen MR) is 430 cm³/mol. The molecule has 488 valence electrons. The molecule has 0 aliphatic heterocycles. The van der Waals surface area contributed by atoms with Crippen molar-refractivity contribution in [3.8, 4) is 107 Å². The fourth-order valence-electron chi connectivity index (χ4n) is 16.3. The predicted octanol–water partition coefficient (Wildman–Crippen LogP) is 25.6. The molecule has 0 fully saturated rings. The third-order valence-electron chi connectivity index (χ3n) is 21.0. The molecule has 3 aliphatic carbocycles. The maximum Gasteiger partial charge on any atom is 0.160 e. The molecule has 102 heavy (non-hydrogen) atoms. The molecule has 3 aromatic heterocycles. The van der Waals surface area contributed by atoms with E-state index in [1.165, 1.54) is 110 Å². The highest BCUT2D eigenvalue weighted by Crippen LogP contribution is 2.56. The second-order valence-electron chi connectivity index (χ2n) is 27.7. The van der Waals surface area contributed by atoms with E-state index in [-0.39, 0.29) is 18.3 Å². The molecule has 3 heterocycles. The van der Waals surface area contributed by atoms with E-state index < -0.39 is 0 Å². The SMILES string of the molecule is Brc1ccc(-c2cc(-c3ccccc3)nc(-c3ccccc3)n2)cc1.C.CC1(C)c2ccccc2-c2ccc3c(c21)Cc1ccc2ccccc2c1-3.CC1(C)c2ccccc2-c2ccc3c4c5ccccc5ccc4n(-c4ccc(-c5cc(-c6ccccc6)nc(-c6ccccc6)n5)cc4)c3c21. The van der Waals surface area contributed by atoms with Gasteiger partial charge < -0.3 is 4.57 Å². The van der Waals surface area contributed by atoms with Gasteiger partial charge in [-0.15, -0.1) is 0 Å². The van der Waals surface area contributed by atoms with Crippen LogP contribution in [0.1, 0.15) is 68.5 Å². The highest BCUT2D eigenvalue weighted by Gasteiger charge is 2.41. The van der Waals surface area contributed by atoms with Crippen LogP contribution in [0.3, 0.4) is 0 Å². The van der Waals surface area contributed by atoms with Gasteiger partial charge in [0.05, 0.1) is 33.8 Å². The van der Waals surface area contributed by atoms with Crippen LogP contribution in [-0.2, 0) is 17.3 Å². The van der Waals surface area contributed by atoms with E-state index in [0.29, 0.717) is 0 Å². The van der Waals surface area contributed by atoms with Crippen molar-refractivity contribution in [2.45, 2.75) is 52.4 Å². The number of benzene rings is 14. The molecular weight excluding hydrogens is 1300 g/mol. The number of rotatable bonds is 7. The van der Waals surface area contributed by atoms with Crippen LogP contribution >= 0.6 is 15.9 Å². The van der Waals surface area contributed by atoms with E-state index in [2.05, 4.69) is 285 Å². The first-order chi connectivity index (χ1) is 49.5. The minimum atomic E-state index is -0.157. The lowest BCUT2D eigenvalue weighted by molar-refractivity contribution is 0.654. The van der Waals surface area contributed by atoms with Gasteiger partial charge in [0.15, 0.2) is 11.6 Å². The first-order valence-electron chi connectivity index (χ1n) is 34.7. The highest BCUT2D eigenvalue weighted by atomic mass is 79.9. The van der Waals surface area contributed by atoms with Crippen LogP contribution in [0.5, 0.6) is 0 Å². The molecule has 14 aromatic carbocycles. The van der Waals surface area contributed by atoms with Crippen molar-refractivity contribution >= 4 is 59.3 Å². The molecule has 0 radical (unpaired) electrons. The van der Waals surface area contributed by atoms with Gasteiger partial charge in [0.1, 0.15) is 0 Å². The first kappa shape index (κ1) is 63.5. The van der Waals surface area contributed by atoms with Crippen LogP contribution in [0.15, 0.2) is 332 Å². The van der Waals surface area contributed by atoms with Crippen molar-refractivity contribution in [2.75, 3.05) is 0 Å². The smallest absolute Gasteiger partial charge is 0.160 e. The zero-order chi connectivity index (χ0) is 67.9. The molecule has 0 N–H and O–H groups in total. The van der Waals surface area contributed by atoms with Crippen molar-refractivity contribution in [2.24, 2.45) is 0 Å². The molecule has 0 saturated carbocycles. The van der Waals surface area contributed by atoms with Crippen LogP contribution in [0, 0.1) is 0 Å². The summed E-state index contributed by atoms with van der Waals surface area (Å²) in [5.41, 5.74) is 30.6. The fraction of sp³-hybridized carbons (Fsp3) is 0.0833. The Bertz CT molecular complexity index is 5960. The summed E-state index contributed by atoms with van der Waals surface area (Å²) >= 11 is 3.49. The largest absolute Gasteiger partial charge is 0.309 e. The minimum absolute atomic E-state index is 0. The summed E-state index contributed by atoms with van der Waals surface area (Å²) in [4.78, 5) is 19.7. The zero-order valence-electron chi connectivity index (χ0n) is 56.5. The Morgan fingerprint density at radius 2 is 0.745 bits per heavy atom. The van der Waals surface area contributed by atoms with E-state index >= 15 is 0 Å². The third kappa shape index (κ3) is 10.8. The standard InChI is InChI=1S/C47H33N3.C26H20.C22H15BrN2.CH4/c1-47(2)39-20-12-11-19-36(39)37-26-27-38-43-35-18-10-9-13-30(35)23-28-42(43)50(45(38)44(37)47)34-24-21-32(22-25-34)41-29-40(31-14-5-3-6-15-31)48-46(49-41)33-16-7-4-8-17-33;1-26(2)23-10-6-5-9-19(23)21-14-13-20-22(25(21)26)15-17-12-11-16-7-3-4-8-18(16)24(17)20;23-19-13-11-17(12-14-19)21-15-20(16-7-3-1-4-8-16)24-22(25-21)18-9-5-2-6-10-18;/h3-29H,1-2H3;3-14H,15H2,1-2H3;1-15H;1H4. The van der Waals surface area contributed by atoms with Gasteiger partial charge >= 0.3 is 0 Å². The summed E-state index contributed by atoms with van der Waals surface area (Å²) in [5, 5.41) is 7.84. The van der Waals surface area contributed by atoms with Crippen molar-refractivity contribution in [3.05, 3.63) is 365 Å². The molecule has 0 unspecified atom stereocenters. The van der Waals surface area contributed by atoms with Gasteiger partial charge in [0.25, 0.3) is 0 Å². The molecule has 0 amide bonds. The monoisotopic (exact) mass is 1370 g/mol. The Labute approximate surface area is 604 Å². The average Bonchev–Trinajstić information content (AvgIpc) is 1.54. The second-order valence-corrected chi connectivity index (χ2v) is 28.6. The lowest BCUT2D eigenvalue weighted by atomic mass is 9.79. The molecular formula is C96H72BrN5. The molecule has 0 spiro atoms. The second kappa shape index (κ2) is 25.6. The molecule has 0 atom stereocenters. The van der Waals surface area contributed by atoms with Crippen LogP contribution in [0.2, 0.25) is 0 Å². The van der Waals surface area contributed by atoms with Crippen LogP contribution in [0.25, 0.3) is 150 Å². The Morgan fingerprint density at radius 1 is 0.333 bits per heavy atom. The summed E-state index contributed by atoms with van der Waals surface area (Å²) < 4.78 is 3.55. The first-order valence-corrected chi connectivity index (χ1v) is 35.5. The molecule has 20 rings (SSSR count). The van der Waals surface area contributed by atoms with Crippen molar-refractivity contribution in [1.82, 2.24) is 24.5 Å². The van der Waals surface area contributed by atoms with E-state index in [1.54, 1.807) is 0 Å². The number of hydrogen-bond acceptors (Lipinski definition) is 4. The van der Waals surface area contributed by atoms with Crippen LogP contribution < -0.4 is 0 Å². The third-order valence-corrected chi connectivity index (χ3v) is 21.6. The van der Waals surface area contributed by atoms with Gasteiger partial charge in [0.2, 0.25) is 0 Å². The van der Waals surface area contributed by atoms with E-state index in [1.807, 2.05) is 91.0 Å². The Balaban J connectivity index is 0.000000125. The van der Waals surface area contributed by atoms with E-state index in [9.17, 15) is 0 Å². The van der Waals surface area contributed by atoms with Crippen molar-refractivity contribution < 1.29 is 0 Å².